The minimum atomic E-state index is -1.02. The predicted molar refractivity (Wildman–Crippen MR) is 66.7 cm³/mol. The van der Waals surface area contributed by atoms with Gasteiger partial charge in [-0.25, -0.2) is 4.79 Å². The van der Waals surface area contributed by atoms with Gasteiger partial charge in [0.15, 0.2) is 5.75 Å². The fourth-order valence-corrected chi connectivity index (χ4v) is 1.63. The summed E-state index contributed by atoms with van der Waals surface area (Å²) in [5.41, 5.74) is 2.26. The number of ether oxygens (including phenoxy) is 1. The van der Waals surface area contributed by atoms with Crippen LogP contribution in [0.1, 0.15) is 21.5 Å². The van der Waals surface area contributed by atoms with Crippen molar-refractivity contribution in [1.29, 1.82) is 0 Å². The highest BCUT2D eigenvalue weighted by Crippen LogP contribution is 2.18. The van der Waals surface area contributed by atoms with Crippen LogP contribution in [0.4, 0.5) is 0 Å². The maximum Gasteiger partial charge on any atom is 0.339 e. The number of carboxylic acids is 1. The summed E-state index contributed by atoms with van der Waals surface area (Å²) in [7, 11) is 0. The van der Waals surface area contributed by atoms with Gasteiger partial charge in [-0.3, -0.25) is 4.98 Å². The Balaban J connectivity index is 2.13. The molecule has 0 amide bonds. The van der Waals surface area contributed by atoms with E-state index in [1.807, 2.05) is 31.2 Å². The first-order valence-electron chi connectivity index (χ1n) is 5.52. The fourth-order valence-electron chi connectivity index (χ4n) is 1.63. The number of carbonyl (C=O) groups is 1. The van der Waals surface area contributed by atoms with Crippen LogP contribution in [0.2, 0.25) is 0 Å². The zero-order valence-electron chi connectivity index (χ0n) is 9.96. The summed E-state index contributed by atoms with van der Waals surface area (Å²) >= 11 is 0. The van der Waals surface area contributed by atoms with Crippen molar-refractivity contribution >= 4 is 5.97 Å². The van der Waals surface area contributed by atoms with E-state index in [9.17, 15) is 4.79 Å². The van der Waals surface area contributed by atoms with Crippen LogP contribution < -0.4 is 4.74 Å². The number of aromatic carboxylic acids is 1. The lowest BCUT2D eigenvalue weighted by Crippen LogP contribution is -2.03. The van der Waals surface area contributed by atoms with E-state index in [1.54, 1.807) is 0 Å². The van der Waals surface area contributed by atoms with Crippen molar-refractivity contribution in [2.45, 2.75) is 13.5 Å². The van der Waals surface area contributed by atoms with Crippen LogP contribution in [-0.4, -0.2) is 16.1 Å². The molecule has 2 rings (SSSR count). The minimum absolute atomic E-state index is 0.123. The Bertz CT molecular complexity index is 566. The Morgan fingerprint density at radius 3 is 2.94 bits per heavy atom. The Kier molecular flexibility index (Phi) is 3.57. The number of rotatable bonds is 4. The Hall–Kier alpha value is -2.36. The maximum absolute atomic E-state index is 11.0. The van der Waals surface area contributed by atoms with E-state index in [0.717, 1.165) is 11.1 Å². The van der Waals surface area contributed by atoms with Crippen LogP contribution in [-0.2, 0) is 6.61 Å². The molecule has 0 fully saturated rings. The van der Waals surface area contributed by atoms with Crippen LogP contribution in [0, 0.1) is 6.92 Å². The number of hydrogen-bond donors (Lipinski definition) is 1. The van der Waals surface area contributed by atoms with E-state index in [2.05, 4.69) is 4.98 Å². The molecule has 0 bridgehead atoms. The highest BCUT2D eigenvalue weighted by molar-refractivity contribution is 5.90. The molecule has 0 unspecified atom stereocenters. The van der Waals surface area contributed by atoms with Gasteiger partial charge in [-0.15, -0.1) is 0 Å². The second-order valence-electron chi connectivity index (χ2n) is 3.95. The monoisotopic (exact) mass is 243 g/mol. The van der Waals surface area contributed by atoms with Gasteiger partial charge in [-0.05, 0) is 18.6 Å². The average Bonchev–Trinajstić information content (AvgIpc) is 2.37. The lowest BCUT2D eigenvalue weighted by atomic mass is 10.1. The molecule has 0 aliphatic heterocycles. The lowest BCUT2D eigenvalue weighted by molar-refractivity contribution is 0.0691. The Morgan fingerprint density at radius 1 is 1.39 bits per heavy atom. The van der Waals surface area contributed by atoms with Gasteiger partial charge >= 0.3 is 5.97 Å². The van der Waals surface area contributed by atoms with Crippen LogP contribution in [0.5, 0.6) is 5.75 Å². The fraction of sp³-hybridized carbons (Fsp3) is 0.143. The second kappa shape index (κ2) is 5.31. The number of aromatic nitrogens is 1. The Morgan fingerprint density at radius 2 is 2.22 bits per heavy atom. The van der Waals surface area contributed by atoms with Crippen molar-refractivity contribution < 1.29 is 14.6 Å². The summed E-state index contributed by atoms with van der Waals surface area (Å²) in [6.07, 6.45) is 2.85. The van der Waals surface area contributed by atoms with Gasteiger partial charge < -0.3 is 9.84 Å². The lowest BCUT2D eigenvalue weighted by Gasteiger charge is -2.08. The van der Waals surface area contributed by atoms with E-state index < -0.39 is 5.97 Å². The van der Waals surface area contributed by atoms with Gasteiger partial charge in [0.2, 0.25) is 0 Å². The molecule has 18 heavy (non-hydrogen) atoms. The summed E-state index contributed by atoms with van der Waals surface area (Å²) in [5.74, 6) is -0.733. The Labute approximate surface area is 105 Å². The number of pyridine rings is 1. The molecule has 0 radical (unpaired) electrons. The molecule has 0 saturated carbocycles. The number of hydrogen-bond acceptors (Lipinski definition) is 3. The third-order valence-corrected chi connectivity index (χ3v) is 2.49. The molecular formula is C14H13NO3. The van der Waals surface area contributed by atoms with Gasteiger partial charge in [0.25, 0.3) is 0 Å². The first-order chi connectivity index (χ1) is 8.66. The van der Waals surface area contributed by atoms with Gasteiger partial charge in [-0.1, -0.05) is 29.8 Å². The smallest absolute Gasteiger partial charge is 0.339 e. The summed E-state index contributed by atoms with van der Waals surface area (Å²) in [5, 5.41) is 9.00. The average molecular weight is 243 g/mol. The van der Waals surface area contributed by atoms with E-state index in [0.29, 0.717) is 6.61 Å². The van der Waals surface area contributed by atoms with Crippen molar-refractivity contribution in [1.82, 2.24) is 4.98 Å². The van der Waals surface area contributed by atoms with Crippen LogP contribution >= 0.6 is 0 Å². The van der Waals surface area contributed by atoms with Crippen LogP contribution in [0.25, 0.3) is 0 Å². The van der Waals surface area contributed by atoms with Crippen molar-refractivity contribution in [2.75, 3.05) is 0 Å². The third kappa shape index (κ3) is 2.85. The van der Waals surface area contributed by atoms with Crippen molar-refractivity contribution in [3.8, 4) is 5.75 Å². The molecule has 0 aliphatic carbocycles. The van der Waals surface area contributed by atoms with E-state index in [-0.39, 0.29) is 11.3 Å². The molecule has 0 atom stereocenters. The number of carboxylic acid groups (broad SMARTS) is 1. The first kappa shape index (κ1) is 12.1. The largest absolute Gasteiger partial charge is 0.486 e. The summed E-state index contributed by atoms with van der Waals surface area (Å²) in [4.78, 5) is 14.8. The number of benzene rings is 1. The normalized spacial score (nSPS) is 10.1. The molecule has 0 aliphatic rings. The van der Waals surface area contributed by atoms with Crippen LogP contribution in [0.3, 0.4) is 0 Å². The second-order valence-corrected chi connectivity index (χ2v) is 3.95. The summed E-state index contributed by atoms with van der Waals surface area (Å²) < 4.78 is 5.50. The van der Waals surface area contributed by atoms with E-state index in [1.165, 1.54) is 18.5 Å². The first-order valence-corrected chi connectivity index (χ1v) is 5.52. The molecule has 1 aromatic heterocycles. The molecule has 1 N–H and O–H groups in total. The number of aryl methyl sites for hydroxylation is 1. The van der Waals surface area contributed by atoms with Gasteiger partial charge in [0.05, 0.1) is 6.20 Å². The van der Waals surface area contributed by atoms with Crippen molar-refractivity contribution in [2.24, 2.45) is 0 Å². The zero-order chi connectivity index (χ0) is 13.0. The standard InChI is InChI=1S/C14H13NO3/c1-10-3-2-4-11(7-10)9-18-13-8-15-6-5-12(13)14(16)17/h2-8H,9H2,1H3,(H,16,17). The van der Waals surface area contributed by atoms with Gasteiger partial charge in [0, 0.05) is 6.20 Å². The third-order valence-electron chi connectivity index (χ3n) is 2.49. The SMILES string of the molecule is Cc1cccc(COc2cnccc2C(=O)O)c1. The van der Waals surface area contributed by atoms with Gasteiger partial charge in [-0.2, -0.15) is 0 Å². The summed E-state index contributed by atoms with van der Waals surface area (Å²) in [6, 6.07) is 9.29. The molecular weight excluding hydrogens is 230 g/mol. The molecule has 1 aromatic carbocycles. The molecule has 92 valence electrons. The van der Waals surface area contributed by atoms with Crippen LogP contribution in [0.15, 0.2) is 42.7 Å². The topological polar surface area (TPSA) is 59.4 Å². The molecule has 2 aromatic rings. The highest BCUT2D eigenvalue weighted by Gasteiger charge is 2.10. The maximum atomic E-state index is 11.0. The minimum Gasteiger partial charge on any atom is -0.486 e. The van der Waals surface area contributed by atoms with E-state index >= 15 is 0 Å². The zero-order valence-corrected chi connectivity index (χ0v) is 9.96. The van der Waals surface area contributed by atoms with Crippen molar-refractivity contribution in [3.63, 3.8) is 0 Å². The molecule has 0 saturated heterocycles. The predicted octanol–water partition coefficient (Wildman–Crippen LogP) is 2.67. The number of nitrogens with zero attached hydrogens (tertiary/aromatic N) is 1. The quantitative estimate of drug-likeness (QED) is 0.896. The highest BCUT2D eigenvalue weighted by atomic mass is 16.5. The van der Waals surface area contributed by atoms with Crippen molar-refractivity contribution in [3.05, 3.63) is 59.4 Å². The molecule has 0 spiro atoms. The van der Waals surface area contributed by atoms with E-state index in [4.69, 9.17) is 9.84 Å². The molecule has 4 nitrogen and oxygen atoms in total. The molecule has 1 heterocycles. The molecule has 4 heteroatoms. The summed E-state index contributed by atoms with van der Waals surface area (Å²) in [6.45, 7) is 2.32. The van der Waals surface area contributed by atoms with Gasteiger partial charge in [0.1, 0.15) is 12.2 Å².